The Labute approximate surface area is 159 Å². The van der Waals surface area contributed by atoms with Gasteiger partial charge in [-0.3, -0.25) is 0 Å². The van der Waals surface area contributed by atoms with Crippen LogP contribution in [0.25, 0.3) is 16.9 Å². The topological polar surface area (TPSA) is 56.1 Å². The summed E-state index contributed by atoms with van der Waals surface area (Å²) in [6.07, 6.45) is 0. The Morgan fingerprint density at radius 3 is 2.37 bits per heavy atom. The van der Waals surface area contributed by atoms with Gasteiger partial charge in [0.25, 0.3) is 0 Å². The lowest BCUT2D eigenvalue weighted by Crippen LogP contribution is -2.37. The summed E-state index contributed by atoms with van der Waals surface area (Å²) >= 11 is 0. The largest absolute Gasteiger partial charge is 0.378 e. The predicted octanol–water partition coefficient (Wildman–Crippen LogP) is 3.40. The predicted molar refractivity (Wildman–Crippen MR) is 107 cm³/mol. The third-order valence-corrected chi connectivity index (χ3v) is 4.80. The van der Waals surface area contributed by atoms with E-state index in [9.17, 15) is 0 Å². The maximum absolute atomic E-state index is 5.46. The second-order valence-corrected chi connectivity index (χ2v) is 7.15. The van der Waals surface area contributed by atoms with Crippen LogP contribution in [0.2, 0.25) is 0 Å². The van der Waals surface area contributed by atoms with Gasteiger partial charge in [0.15, 0.2) is 0 Å². The Balaban J connectivity index is 1.84. The molecule has 1 aromatic carbocycles. The molecule has 3 aromatic rings. The second-order valence-electron chi connectivity index (χ2n) is 7.15. The molecule has 0 aliphatic carbocycles. The Kier molecular flexibility index (Phi) is 4.66. The molecule has 1 saturated heterocycles. The van der Waals surface area contributed by atoms with Crippen molar-refractivity contribution >= 4 is 5.95 Å². The van der Waals surface area contributed by atoms with Crippen molar-refractivity contribution < 1.29 is 4.74 Å². The molecule has 2 aromatic heterocycles. The zero-order valence-corrected chi connectivity index (χ0v) is 16.4. The van der Waals surface area contributed by atoms with E-state index in [2.05, 4.69) is 53.1 Å². The van der Waals surface area contributed by atoms with Crippen molar-refractivity contribution in [3.8, 4) is 16.9 Å². The van der Waals surface area contributed by atoms with Gasteiger partial charge < -0.3 is 9.64 Å². The van der Waals surface area contributed by atoms with E-state index in [4.69, 9.17) is 9.72 Å². The van der Waals surface area contributed by atoms with E-state index in [1.165, 1.54) is 5.56 Å². The summed E-state index contributed by atoms with van der Waals surface area (Å²) in [6.45, 7) is 11.3. The molecule has 0 atom stereocenters. The van der Waals surface area contributed by atoms with Crippen LogP contribution in [0.1, 0.15) is 22.6 Å². The molecular formula is C21H25N5O. The first-order chi connectivity index (χ1) is 13.0. The number of anilines is 1. The molecule has 0 amide bonds. The summed E-state index contributed by atoms with van der Waals surface area (Å²) in [6, 6.07) is 10.6. The number of rotatable bonds is 3. The highest BCUT2D eigenvalue weighted by Gasteiger charge is 2.18. The summed E-state index contributed by atoms with van der Waals surface area (Å²) in [5, 5.41) is 4.69. The maximum Gasteiger partial charge on any atom is 0.226 e. The molecule has 0 unspecified atom stereocenters. The Hall–Kier alpha value is -2.73. The molecule has 6 nitrogen and oxygen atoms in total. The third-order valence-electron chi connectivity index (χ3n) is 4.80. The maximum atomic E-state index is 5.46. The van der Waals surface area contributed by atoms with Gasteiger partial charge in [0.05, 0.1) is 30.3 Å². The first kappa shape index (κ1) is 17.7. The van der Waals surface area contributed by atoms with Gasteiger partial charge in [-0.2, -0.15) is 5.10 Å². The van der Waals surface area contributed by atoms with Crippen LogP contribution in [-0.2, 0) is 4.74 Å². The van der Waals surface area contributed by atoms with E-state index in [1.807, 2.05) is 24.6 Å². The van der Waals surface area contributed by atoms with Gasteiger partial charge >= 0.3 is 0 Å². The van der Waals surface area contributed by atoms with Crippen molar-refractivity contribution in [2.75, 3.05) is 31.2 Å². The normalized spacial score (nSPS) is 14.6. The van der Waals surface area contributed by atoms with Crippen molar-refractivity contribution in [2.24, 2.45) is 0 Å². The molecule has 6 heteroatoms. The van der Waals surface area contributed by atoms with Crippen LogP contribution < -0.4 is 4.90 Å². The highest BCUT2D eigenvalue weighted by atomic mass is 16.5. The van der Waals surface area contributed by atoms with Crippen LogP contribution in [0.3, 0.4) is 0 Å². The van der Waals surface area contributed by atoms with Crippen molar-refractivity contribution in [2.45, 2.75) is 27.7 Å². The van der Waals surface area contributed by atoms with Crippen LogP contribution in [0.15, 0.2) is 30.3 Å². The van der Waals surface area contributed by atoms with Gasteiger partial charge in [0.2, 0.25) is 5.95 Å². The quantitative estimate of drug-likeness (QED) is 0.714. The van der Waals surface area contributed by atoms with Crippen LogP contribution in [0.4, 0.5) is 5.95 Å². The summed E-state index contributed by atoms with van der Waals surface area (Å²) in [5.41, 5.74) is 7.30. The minimum absolute atomic E-state index is 0.716. The van der Waals surface area contributed by atoms with Gasteiger partial charge in [-0.25, -0.2) is 14.6 Å². The smallest absolute Gasteiger partial charge is 0.226 e. The van der Waals surface area contributed by atoms with Gasteiger partial charge in [-0.1, -0.05) is 12.1 Å². The summed E-state index contributed by atoms with van der Waals surface area (Å²) < 4.78 is 7.47. The summed E-state index contributed by atoms with van der Waals surface area (Å²) in [5.74, 6) is 0.771. The van der Waals surface area contributed by atoms with Gasteiger partial charge in [0, 0.05) is 30.0 Å². The van der Waals surface area contributed by atoms with Crippen LogP contribution in [0, 0.1) is 27.7 Å². The van der Waals surface area contributed by atoms with Crippen LogP contribution in [-0.4, -0.2) is 46.1 Å². The molecule has 1 fully saturated rings. The second kappa shape index (κ2) is 7.12. The van der Waals surface area contributed by atoms with Crippen LogP contribution >= 0.6 is 0 Å². The lowest BCUT2D eigenvalue weighted by atomic mass is 10.1. The van der Waals surface area contributed by atoms with Crippen molar-refractivity contribution in [3.63, 3.8) is 0 Å². The molecule has 4 rings (SSSR count). The average molecular weight is 363 g/mol. The van der Waals surface area contributed by atoms with Gasteiger partial charge in [-0.15, -0.1) is 0 Å². The zero-order chi connectivity index (χ0) is 19.0. The average Bonchev–Trinajstić information content (AvgIpc) is 3.00. The SMILES string of the molecule is Cc1ccc(-c2cc(C)nc(N3CCOCC3)n2)c(-n2nc(C)cc2C)c1. The van der Waals surface area contributed by atoms with E-state index < -0.39 is 0 Å². The molecule has 0 bridgehead atoms. The lowest BCUT2D eigenvalue weighted by molar-refractivity contribution is 0.122. The summed E-state index contributed by atoms with van der Waals surface area (Å²) in [4.78, 5) is 11.8. The number of hydrogen-bond acceptors (Lipinski definition) is 5. The fraction of sp³-hybridized carbons (Fsp3) is 0.381. The van der Waals surface area contributed by atoms with E-state index in [1.54, 1.807) is 0 Å². The van der Waals surface area contributed by atoms with E-state index in [0.29, 0.717) is 13.2 Å². The number of nitrogens with zero attached hydrogens (tertiary/aromatic N) is 5. The highest BCUT2D eigenvalue weighted by Crippen LogP contribution is 2.29. The fourth-order valence-electron chi connectivity index (χ4n) is 3.50. The minimum Gasteiger partial charge on any atom is -0.378 e. The van der Waals surface area contributed by atoms with Gasteiger partial charge in [-0.05, 0) is 51.5 Å². The molecule has 27 heavy (non-hydrogen) atoms. The zero-order valence-electron chi connectivity index (χ0n) is 16.4. The molecule has 1 aliphatic heterocycles. The summed E-state index contributed by atoms with van der Waals surface area (Å²) in [7, 11) is 0. The molecular weight excluding hydrogens is 338 g/mol. The molecule has 0 N–H and O–H groups in total. The first-order valence-corrected chi connectivity index (χ1v) is 9.34. The Bertz CT molecular complexity index is 973. The minimum atomic E-state index is 0.716. The van der Waals surface area contributed by atoms with E-state index in [0.717, 1.165) is 53.1 Å². The molecule has 140 valence electrons. The number of ether oxygens (including phenoxy) is 1. The number of morpholine rings is 1. The van der Waals surface area contributed by atoms with E-state index >= 15 is 0 Å². The monoisotopic (exact) mass is 363 g/mol. The van der Waals surface area contributed by atoms with Crippen LogP contribution in [0.5, 0.6) is 0 Å². The lowest BCUT2D eigenvalue weighted by Gasteiger charge is -2.27. The van der Waals surface area contributed by atoms with Crippen molar-refractivity contribution in [1.82, 2.24) is 19.7 Å². The van der Waals surface area contributed by atoms with E-state index in [-0.39, 0.29) is 0 Å². The fourth-order valence-corrected chi connectivity index (χ4v) is 3.50. The number of hydrogen-bond donors (Lipinski definition) is 0. The molecule has 1 aliphatic rings. The first-order valence-electron chi connectivity index (χ1n) is 9.34. The number of aromatic nitrogens is 4. The third kappa shape index (κ3) is 3.57. The molecule has 0 spiro atoms. The standard InChI is InChI=1S/C21H25N5O/c1-14-5-6-18(20(11-14)26-17(4)12-16(3)24-26)19-13-15(2)22-21(23-19)25-7-9-27-10-8-25/h5-6,11-13H,7-10H2,1-4H3. The number of benzene rings is 1. The molecule has 3 heterocycles. The molecule has 0 radical (unpaired) electrons. The number of aryl methyl sites for hydroxylation is 4. The van der Waals surface area contributed by atoms with Crippen molar-refractivity contribution in [3.05, 3.63) is 53.0 Å². The Morgan fingerprint density at radius 1 is 0.889 bits per heavy atom. The highest BCUT2D eigenvalue weighted by molar-refractivity contribution is 5.72. The van der Waals surface area contributed by atoms with Crippen molar-refractivity contribution in [1.29, 1.82) is 0 Å². The molecule has 0 saturated carbocycles. The van der Waals surface area contributed by atoms with Gasteiger partial charge in [0.1, 0.15) is 0 Å². The Morgan fingerprint density at radius 2 is 1.67 bits per heavy atom.